The second-order valence-electron chi connectivity index (χ2n) is 4.97. The molecule has 1 aromatic carbocycles. The second-order valence-corrected chi connectivity index (χ2v) is 5.24. The van der Waals surface area contributed by atoms with Crippen LogP contribution < -0.4 is 4.90 Å². The van der Waals surface area contributed by atoms with Gasteiger partial charge in [0.05, 0.1) is 0 Å². The average molecular weight is 238 g/mol. The summed E-state index contributed by atoms with van der Waals surface area (Å²) in [6.45, 7) is 5.86. The molecule has 1 aromatic rings. The molecule has 0 N–H and O–H groups in total. The van der Waals surface area contributed by atoms with Crippen LogP contribution in [-0.2, 0) is 5.88 Å². The lowest BCUT2D eigenvalue weighted by molar-refractivity contribution is 0.378. The Morgan fingerprint density at radius 3 is 2.50 bits per heavy atom. The Morgan fingerprint density at radius 1 is 1.25 bits per heavy atom. The van der Waals surface area contributed by atoms with Crippen LogP contribution in [0.1, 0.15) is 32.3 Å². The Labute approximate surface area is 103 Å². The number of hydrogen-bond donors (Lipinski definition) is 0. The summed E-state index contributed by atoms with van der Waals surface area (Å²) in [4.78, 5) is 2.51. The van der Waals surface area contributed by atoms with Crippen LogP contribution in [-0.4, -0.2) is 12.6 Å². The van der Waals surface area contributed by atoms with Crippen molar-refractivity contribution in [2.75, 3.05) is 11.4 Å². The predicted octanol–water partition coefficient (Wildman–Crippen LogP) is 4.05. The van der Waals surface area contributed by atoms with Crippen molar-refractivity contribution in [2.24, 2.45) is 5.92 Å². The molecule has 0 saturated carbocycles. The summed E-state index contributed by atoms with van der Waals surface area (Å²) in [5, 5.41) is 0. The zero-order chi connectivity index (χ0) is 11.5. The van der Waals surface area contributed by atoms with Crippen molar-refractivity contribution in [1.29, 1.82) is 0 Å². The summed E-state index contributed by atoms with van der Waals surface area (Å²) in [5.41, 5.74) is 2.54. The Hall–Kier alpha value is -0.690. The second kappa shape index (κ2) is 5.09. The Balaban J connectivity index is 2.11. The normalized spacial score (nSPS) is 25.8. The first-order chi connectivity index (χ1) is 7.70. The van der Waals surface area contributed by atoms with Crippen LogP contribution in [0.15, 0.2) is 24.3 Å². The van der Waals surface area contributed by atoms with Crippen molar-refractivity contribution in [3.05, 3.63) is 29.8 Å². The van der Waals surface area contributed by atoms with E-state index in [9.17, 15) is 0 Å². The molecule has 1 fully saturated rings. The van der Waals surface area contributed by atoms with Gasteiger partial charge in [-0.3, -0.25) is 0 Å². The number of rotatable bonds is 2. The zero-order valence-electron chi connectivity index (χ0n) is 10.1. The molecule has 1 aliphatic rings. The quantitative estimate of drug-likeness (QED) is 0.702. The van der Waals surface area contributed by atoms with Gasteiger partial charge in [-0.25, -0.2) is 0 Å². The molecular formula is C14H20ClN. The third-order valence-corrected chi connectivity index (χ3v) is 3.87. The SMILES string of the molecule is CC1CCN(c2ccc(CCl)cc2)C(C)C1. The first-order valence-electron chi connectivity index (χ1n) is 6.12. The van der Waals surface area contributed by atoms with Crippen LogP contribution in [0, 0.1) is 5.92 Å². The molecule has 1 saturated heterocycles. The first kappa shape index (κ1) is 11.8. The van der Waals surface area contributed by atoms with Crippen molar-refractivity contribution < 1.29 is 0 Å². The van der Waals surface area contributed by atoms with Crippen LogP contribution >= 0.6 is 11.6 Å². The minimum atomic E-state index is 0.604. The van der Waals surface area contributed by atoms with Gasteiger partial charge < -0.3 is 4.90 Å². The highest BCUT2D eigenvalue weighted by atomic mass is 35.5. The van der Waals surface area contributed by atoms with E-state index in [-0.39, 0.29) is 0 Å². The summed E-state index contributed by atoms with van der Waals surface area (Å²) < 4.78 is 0. The van der Waals surface area contributed by atoms with Gasteiger partial charge in [-0.1, -0.05) is 19.1 Å². The molecule has 2 atom stereocenters. The molecule has 1 heterocycles. The van der Waals surface area contributed by atoms with Crippen molar-refractivity contribution in [3.8, 4) is 0 Å². The van der Waals surface area contributed by atoms with Crippen molar-refractivity contribution >= 4 is 17.3 Å². The third-order valence-electron chi connectivity index (χ3n) is 3.56. The number of hydrogen-bond acceptors (Lipinski definition) is 1. The van der Waals surface area contributed by atoms with Crippen LogP contribution in [0.3, 0.4) is 0 Å². The van der Waals surface area contributed by atoms with Crippen molar-refractivity contribution in [2.45, 2.75) is 38.6 Å². The highest BCUT2D eigenvalue weighted by molar-refractivity contribution is 6.17. The minimum Gasteiger partial charge on any atom is -0.369 e. The van der Waals surface area contributed by atoms with Crippen LogP contribution in [0.2, 0.25) is 0 Å². The largest absolute Gasteiger partial charge is 0.369 e. The molecular weight excluding hydrogens is 218 g/mol. The van der Waals surface area contributed by atoms with Gasteiger partial charge in [0, 0.05) is 24.2 Å². The van der Waals surface area contributed by atoms with Crippen molar-refractivity contribution in [3.63, 3.8) is 0 Å². The lowest BCUT2D eigenvalue weighted by Gasteiger charge is -2.38. The van der Waals surface area contributed by atoms with Gasteiger partial charge in [-0.2, -0.15) is 0 Å². The first-order valence-corrected chi connectivity index (χ1v) is 6.65. The smallest absolute Gasteiger partial charge is 0.0474 e. The van der Waals surface area contributed by atoms with Gasteiger partial charge in [-0.05, 0) is 43.4 Å². The molecule has 0 bridgehead atoms. The fraction of sp³-hybridized carbons (Fsp3) is 0.571. The molecule has 2 heteroatoms. The van der Waals surface area contributed by atoms with Gasteiger partial charge in [-0.15, -0.1) is 11.6 Å². The highest BCUT2D eigenvalue weighted by Crippen LogP contribution is 2.27. The number of alkyl halides is 1. The van der Waals surface area contributed by atoms with Crippen LogP contribution in [0.4, 0.5) is 5.69 Å². The average Bonchev–Trinajstić information content (AvgIpc) is 2.29. The van der Waals surface area contributed by atoms with Gasteiger partial charge in [0.25, 0.3) is 0 Å². The maximum atomic E-state index is 5.80. The van der Waals surface area contributed by atoms with Crippen LogP contribution in [0.25, 0.3) is 0 Å². The number of piperidine rings is 1. The monoisotopic (exact) mass is 237 g/mol. The maximum absolute atomic E-state index is 5.80. The summed E-state index contributed by atoms with van der Waals surface area (Å²) in [5.74, 6) is 1.47. The molecule has 0 amide bonds. The molecule has 1 aliphatic heterocycles. The maximum Gasteiger partial charge on any atom is 0.0474 e. The lowest BCUT2D eigenvalue weighted by Crippen LogP contribution is -2.40. The molecule has 1 nitrogen and oxygen atoms in total. The van der Waals surface area contributed by atoms with E-state index in [1.165, 1.54) is 30.6 Å². The van der Waals surface area contributed by atoms with E-state index in [0.29, 0.717) is 11.9 Å². The molecule has 2 unspecified atom stereocenters. The van der Waals surface area contributed by atoms with Gasteiger partial charge in [0.15, 0.2) is 0 Å². The summed E-state index contributed by atoms with van der Waals surface area (Å²) in [7, 11) is 0. The molecule has 88 valence electrons. The van der Waals surface area contributed by atoms with E-state index in [2.05, 4.69) is 43.0 Å². The summed E-state index contributed by atoms with van der Waals surface area (Å²) in [6.07, 6.45) is 2.61. The zero-order valence-corrected chi connectivity index (χ0v) is 10.9. The number of anilines is 1. The van der Waals surface area contributed by atoms with E-state index in [0.717, 1.165) is 5.92 Å². The van der Waals surface area contributed by atoms with E-state index in [4.69, 9.17) is 11.6 Å². The molecule has 0 radical (unpaired) electrons. The number of benzene rings is 1. The standard InChI is InChI=1S/C14H20ClN/c1-11-7-8-16(12(2)9-11)14-5-3-13(10-15)4-6-14/h3-6,11-12H,7-10H2,1-2H3. The van der Waals surface area contributed by atoms with Gasteiger partial charge in [0.2, 0.25) is 0 Å². The predicted molar refractivity (Wildman–Crippen MR) is 71.2 cm³/mol. The molecule has 2 rings (SSSR count). The van der Waals surface area contributed by atoms with E-state index >= 15 is 0 Å². The lowest BCUT2D eigenvalue weighted by atomic mass is 9.93. The Kier molecular flexibility index (Phi) is 3.75. The summed E-state index contributed by atoms with van der Waals surface area (Å²) >= 11 is 5.80. The topological polar surface area (TPSA) is 3.24 Å². The van der Waals surface area contributed by atoms with E-state index < -0.39 is 0 Å². The number of nitrogens with zero attached hydrogens (tertiary/aromatic N) is 1. The highest BCUT2D eigenvalue weighted by Gasteiger charge is 2.22. The number of halogens is 1. The minimum absolute atomic E-state index is 0.604. The van der Waals surface area contributed by atoms with Crippen LogP contribution in [0.5, 0.6) is 0 Å². The van der Waals surface area contributed by atoms with Gasteiger partial charge in [0.1, 0.15) is 0 Å². The molecule has 16 heavy (non-hydrogen) atoms. The Bertz CT molecular complexity index is 333. The van der Waals surface area contributed by atoms with E-state index in [1.807, 2.05) is 0 Å². The van der Waals surface area contributed by atoms with Crippen molar-refractivity contribution in [1.82, 2.24) is 0 Å². The Morgan fingerprint density at radius 2 is 1.94 bits per heavy atom. The van der Waals surface area contributed by atoms with E-state index in [1.54, 1.807) is 0 Å². The fourth-order valence-electron chi connectivity index (χ4n) is 2.57. The molecule has 0 aliphatic carbocycles. The molecule has 0 aromatic heterocycles. The fourth-order valence-corrected chi connectivity index (χ4v) is 2.75. The molecule has 0 spiro atoms. The summed E-state index contributed by atoms with van der Waals surface area (Å²) in [6, 6.07) is 9.32. The third kappa shape index (κ3) is 2.52. The van der Waals surface area contributed by atoms with Gasteiger partial charge >= 0.3 is 0 Å².